The molecule has 1 heterocycles. The quantitative estimate of drug-likeness (QED) is 0.659. The summed E-state index contributed by atoms with van der Waals surface area (Å²) in [5.41, 5.74) is 2.27. The molecule has 20 heavy (non-hydrogen) atoms. The van der Waals surface area contributed by atoms with Gasteiger partial charge >= 0.3 is 0 Å². The average molecular weight is 373 g/mol. The third-order valence-electron chi connectivity index (χ3n) is 3.34. The van der Waals surface area contributed by atoms with E-state index in [1.165, 1.54) is 15.3 Å². The van der Waals surface area contributed by atoms with E-state index in [2.05, 4.69) is 53.3 Å². The van der Waals surface area contributed by atoms with E-state index >= 15 is 0 Å². The highest BCUT2D eigenvalue weighted by molar-refractivity contribution is 9.10. The lowest BCUT2D eigenvalue weighted by Crippen LogP contribution is -2.18. The van der Waals surface area contributed by atoms with Crippen molar-refractivity contribution in [1.82, 2.24) is 5.32 Å². The van der Waals surface area contributed by atoms with E-state index < -0.39 is 0 Å². The number of halogens is 2. The minimum absolute atomic E-state index is 0.443. The molecule has 2 rings (SSSR count). The van der Waals surface area contributed by atoms with Crippen LogP contribution in [0.1, 0.15) is 36.8 Å². The fourth-order valence-electron chi connectivity index (χ4n) is 2.21. The normalized spacial score (nSPS) is 12.7. The van der Waals surface area contributed by atoms with Crippen molar-refractivity contribution in [2.75, 3.05) is 6.54 Å². The van der Waals surface area contributed by atoms with Crippen LogP contribution < -0.4 is 5.32 Å². The molecular weight excluding hydrogens is 354 g/mol. The summed E-state index contributed by atoms with van der Waals surface area (Å²) in [6.45, 7) is 7.37. The lowest BCUT2D eigenvalue weighted by Gasteiger charge is -2.13. The number of nitrogens with one attached hydrogen (secondary N) is 1. The van der Waals surface area contributed by atoms with Crippen LogP contribution in [0.2, 0.25) is 5.02 Å². The minimum Gasteiger partial charge on any atom is -0.310 e. The van der Waals surface area contributed by atoms with Gasteiger partial charge in [-0.2, -0.15) is 0 Å². The minimum atomic E-state index is 0.443. The Morgan fingerprint density at radius 2 is 2.05 bits per heavy atom. The molecule has 108 valence electrons. The smallest absolute Gasteiger partial charge is 0.0442 e. The lowest BCUT2D eigenvalue weighted by molar-refractivity contribution is 0.545. The highest BCUT2D eigenvalue weighted by Gasteiger charge is 2.13. The summed E-state index contributed by atoms with van der Waals surface area (Å²) < 4.78 is 1.10. The number of thiophene rings is 1. The molecule has 1 unspecified atom stereocenters. The SMILES string of the molecule is CCNC(CC)c1ccc(-c2cc(Cl)c(C)cc2Br)s1. The highest BCUT2D eigenvalue weighted by Crippen LogP contribution is 2.38. The average Bonchev–Trinajstić information content (AvgIpc) is 2.89. The second-order valence-electron chi connectivity index (χ2n) is 4.80. The number of hydrogen-bond donors (Lipinski definition) is 1. The van der Waals surface area contributed by atoms with Gasteiger partial charge in [-0.3, -0.25) is 0 Å². The van der Waals surface area contributed by atoms with E-state index in [9.17, 15) is 0 Å². The molecule has 1 aromatic heterocycles. The van der Waals surface area contributed by atoms with Crippen molar-refractivity contribution >= 4 is 38.9 Å². The Labute approximate surface area is 138 Å². The standard InChI is InChI=1S/C16H19BrClNS/c1-4-14(19-5-2)16-7-6-15(20-16)11-9-13(18)10(3)8-12(11)17/h6-9,14,19H,4-5H2,1-3H3. The zero-order valence-electron chi connectivity index (χ0n) is 12.0. The van der Waals surface area contributed by atoms with Crippen molar-refractivity contribution in [2.45, 2.75) is 33.2 Å². The van der Waals surface area contributed by atoms with Gasteiger partial charge in [0.15, 0.2) is 0 Å². The van der Waals surface area contributed by atoms with Gasteiger partial charge in [-0.15, -0.1) is 11.3 Å². The van der Waals surface area contributed by atoms with E-state index in [1.807, 2.05) is 24.3 Å². The summed E-state index contributed by atoms with van der Waals surface area (Å²) in [4.78, 5) is 2.64. The summed E-state index contributed by atoms with van der Waals surface area (Å²) in [6, 6.07) is 8.98. The van der Waals surface area contributed by atoms with Crippen LogP contribution in [0.3, 0.4) is 0 Å². The van der Waals surface area contributed by atoms with Crippen molar-refractivity contribution in [3.05, 3.63) is 44.2 Å². The lowest BCUT2D eigenvalue weighted by atomic mass is 10.1. The number of benzene rings is 1. The van der Waals surface area contributed by atoms with Gasteiger partial charge in [-0.1, -0.05) is 41.4 Å². The first-order valence-corrected chi connectivity index (χ1v) is 8.84. The molecule has 4 heteroatoms. The zero-order chi connectivity index (χ0) is 14.7. The molecule has 0 spiro atoms. The first-order valence-electron chi connectivity index (χ1n) is 6.85. The first kappa shape index (κ1) is 16.0. The van der Waals surface area contributed by atoms with Gasteiger partial charge in [-0.05, 0) is 49.7 Å². The van der Waals surface area contributed by atoms with E-state index in [0.717, 1.165) is 28.0 Å². The highest BCUT2D eigenvalue weighted by atomic mass is 79.9. The van der Waals surface area contributed by atoms with E-state index in [0.29, 0.717) is 6.04 Å². The maximum absolute atomic E-state index is 6.25. The second kappa shape index (κ2) is 7.08. The van der Waals surface area contributed by atoms with Gasteiger partial charge in [0, 0.05) is 30.9 Å². The molecule has 2 aromatic rings. The Balaban J connectivity index is 2.35. The van der Waals surface area contributed by atoms with E-state index in [4.69, 9.17) is 11.6 Å². The topological polar surface area (TPSA) is 12.0 Å². The molecule has 0 aliphatic heterocycles. The summed E-state index contributed by atoms with van der Waals surface area (Å²) in [6.07, 6.45) is 1.10. The monoisotopic (exact) mass is 371 g/mol. The Bertz CT molecular complexity index is 594. The van der Waals surface area contributed by atoms with Crippen molar-refractivity contribution < 1.29 is 0 Å². The molecular formula is C16H19BrClNS. The third kappa shape index (κ3) is 3.45. The maximum Gasteiger partial charge on any atom is 0.0442 e. The molecule has 1 atom stereocenters. The summed E-state index contributed by atoms with van der Waals surface area (Å²) in [5, 5.41) is 4.34. The fraction of sp³-hybridized carbons (Fsp3) is 0.375. The molecule has 0 amide bonds. The molecule has 0 aliphatic rings. The van der Waals surface area contributed by atoms with Crippen LogP contribution in [0, 0.1) is 6.92 Å². The predicted octanol–water partition coefficient (Wildman–Crippen LogP) is 6.20. The van der Waals surface area contributed by atoms with Crippen molar-refractivity contribution in [3.8, 4) is 10.4 Å². The Kier molecular flexibility index (Phi) is 5.67. The molecule has 1 N–H and O–H groups in total. The van der Waals surface area contributed by atoms with Crippen LogP contribution in [-0.4, -0.2) is 6.54 Å². The van der Waals surface area contributed by atoms with Gasteiger partial charge in [0.2, 0.25) is 0 Å². The predicted molar refractivity (Wildman–Crippen MR) is 93.9 cm³/mol. The first-order chi connectivity index (χ1) is 9.56. The summed E-state index contributed by atoms with van der Waals surface area (Å²) in [7, 11) is 0. The van der Waals surface area contributed by atoms with E-state index in [1.54, 1.807) is 0 Å². The van der Waals surface area contributed by atoms with Gasteiger partial charge < -0.3 is 5.32 Å². The number of hydrogen-bond acceptors (Lipinski definition) is 2. The van der Waals surface area contributed by atoms with Gasteiger partial charge in [0.25, 0.3) is 0 Å². The maximum atomic E-state index is 6.25. The fourth-order valence-corrected chi connectivity index (χ4v) is 4.38. The Morgan fingerprint density at radius 1 is 1.30 bits per heavy atom. The van der Waals surface area contributed by atoms with Crippen molar-refractivity contribution in [1.29, 1.82) is 0 Å². The van der Waals surface area contributed by atoms with Crippen molar-refractivity contribution in [3.63, 3.8) is 0 Å². The third-order valence-corrected chi connectivity index (χ3v) is 5.64. The molecule has 1 nitrogen and oxygen atoms in total. The molecule has 0 fully saturated rings. The molecule has 0 bridgehead atoms. The molecule has 0 saturated heterocycles. The van der Waals surface area contributed by atoms with Crippen LogP contribution in [0.25, 0.3) is 10.4 Å². The van der Waals surface area contributed by atoms with Crippen LogP contribution in [-0.2, 0) is 0 Å². The Morgan fingerprint density at radius 3 is 2.70 bits per heavy atom. The number of rotatable bonds is 5. The van der Waals surface area contributed by atoms with Gasteiger partial charge in [0.05, 0.1) is 0 Å². The summed E-state index contributed by atoms with van der Waals surface area (Å²) >= 11 is 11.7. The largest absolute Gasteiger partial charge is 0.310 e. The van der Waals surface area contributed by atoms with Crippen LogP contribution in [0.4, 0.5) is 0 Å². The van der Waals surface area contributed by atoms with Gasteiger partial charge in [-0.25, -0.2) is 0 Å². The molecule has 0 radical (unpaired) electrons. The Hall–Kier alpha value is -0.350. The van der Waals surface area contributed by atoms with Crippen molar-refractivity contribution in [2.24, 2.45) is 0 Å². The molecule has 0 saturated carbocycles. The van der Waals surface area contributed by atoms with Crippen LogP contribution in [0.15, 0.2) is 28.7 Å². The zero-order valence-corrected chi connectivity index (χ0v) is 15.1. The number of aryl methyl sites for hydroxylation is 1. The molecule has 0 aliphatic carbocycles. The van der Waals surface area contributed by atoms with Gasteiger partial charge in [0.1, 0.15) is 0 Å². The molecule has 1 aromatic carbocycles. The second-order valence-corrected chi connectivity index (χ2v) is 7.18. The van der Waals surface area contributed by atoms with Crippen LogP contribution in [0.5, 0.6) is 0 Å². The van der Waals surface area contributed by atoms with E-state index in [-0.39, 0.29) is 0 Å². The van der Waals surface area contributed by atoms with Crippen LogP contribution >= 0.6 is 38.9 Å². The summed E-state index contributed by atoms with van der Waals surface area (Å²) in [5.74, 6) is 0.